The summed E-state index contributed by atoms with van der Waals surface area (Å²) in [7, 11) is 1.42. The molecule has 1 fully saturated rings. The Kier molecular flexibility index (Phi) is 8.02. The number of rotatable bonds is 7. The van der Waals surface area contributed by atoms with Gasteiger partial charge in [-0.15, -0.1) is 0 Å². The number of hydrogen-bond donors (Lipinski definition) is 1. The SMILES string of the molecule is COC(O)C1CCCN1C(=O)c1ccc(OC(c2ccc(Cl)cc2)c2ccccc2Cl)c(Cl)c1. The number of amides is 1. The highest BCUT2D eigenvalue weighted by molar-refractivity contribution is 6.32. The average molecular weight is 521 g/mol. The molecule has 3 unspecified atom stereocenters. The molecule has 0 radical (unpaired) electrons. The highest BCUT2D eigenvalue weighted by atomic mass is 35.5. The molecule has 0 aliphatic carbocycles. The Balaban J connectivity index is 1.61. The van der Waals surface area contributed by atoms with E-state index in [1.165, 1.54) is 7.11 Å². The van der Waals surface area contributed by atoms with Gasteiger partial charge in [-0.2, -0.15) is 0 Å². The molecule has 4 rings (SSSR count). The molecule has 178 valence electrons. The van der Waals surface area contributed by atoms with Gasteiger partial charge in [-0.25, -0.2) is 0 Å². The van der Waals surface area contributed by atoms with Crippen LogP contribution in [0.1, 0.15) is 40.4 Å². The number of methoxy groups -OCH3 is 1. The van der Waals surface area contributed by atoms with Gasteiger partial charge in [0.05, 0.1) is 11.1 Å². The van der Waals surface area contributed by atoms with Gasteiger partial charge in [0, 0.05) is 34.8 Å². The first-order chi connectivity index (χ1) is 16.4. The third-order valence-electron chi connectivity index (χ3n) is 5.91. The fraction of sp³-hybridized carbons (Fsp3) is 0.269. The van der Waals surface area contributed by atoms with Gasteiger partial charge in [0.2, 0.25) is 0 Å². The largest absolute Gasteiger partial charge is 0.479 e. The van der Waals surface area contributed by atoms with Crippen molar-refractivity contribution in [1.29, 1.82) is 0 Å². The standard InChI is InChI=1S/C26H24Cl3NO4/c1-33-26(32)22-7-4-14-30(22)25(31)17-10-13-23(21(29)15-17)34-24(16-8-11-18(27)12-9-16)19-5-2-3-6-20(19)28/h2-3,5-6,8-13,15,22,24,26,32H,4,7,14H2,1H3. The van der Waals surface area contributed by atoms with Crippen molar-refractivity contribution in [2.24, 2.45) is 0 Å². The summed E-state index contributed by atoms with van der Waals surface area (Å²) in [6.45, 7) is 0.547. The van der Waals surface area contributed by atoms with Gasteiger partial charge in [0.15, 0.2) is 12.4 Å². The van der Waals surface area contributed by atoms with Crippen LogP contribution in [0.5, 0.6) is 5.75 Å². The van der Waals surface area contributed by atoms with Crippen molar-refractivity contribution in [3.63, 3.8) is 0 Å². The molecule has 1 N–H and O–H groups in total. The zero-order valence-corrected chi connectivity index (χ0v) is 20.7. The van der Waals surface area contributed by atoms with Gasteiger partial charge in [-0.1, -0.05) is 65.1 Å². The second-order valence-electron chi connectivity index (χ2n) is 8.05. The molecule has 5 nitrogen and oxygen atoms in total. The maximum absolute atomic E-state index is 13.1. The van der Waals surface area contributed by atoms with E-state index >= 15 is 0 Å². The third-order valence-corrected chi connectivity index (χ3v) is 6.81. The molecule has 1 aliphatic rings. The Labute approximate surface area is 213 Å². The van der Waals surface area contributed by atoms with E-state index in [0.29, 0.717) is 39.3 Å². The first-order valence-corrected chi connectivity index (χ1v) is 12.0. The van der Waals surface area contributed by atoms with E-state index < -0.39 is 12.4 Å². The van der Waals surface area contributed by atoms with Crippen molar-refractivity contribution in [3.8, 4) is 5.75 Å². The number of aliphatic hydroxyl groups is 1. The minimum atomic E-state index is -1.03. The molecule has 1 heterocycles. The second-order valence-corrected chi connectivity index (χ2v) is 9.30. The third kappa shape index (κ3) is 5.35. The lowest BCUT2D eigenvalue weighted by Crippen LogP contribution is -2.43. The Bertz CT molecular complexity index is 1160. The molecule has 0 spiro atoms. The number of ether oxygens (including phenoxy) is 2. The fourth-order valence-corrected chi connectivity index (χ4v) is 4.74. The van der Waals surface area contributed by atoms with Gasteiger partial charge in [0.1, 0.15) is 5.75 Å². The number of likely N-dealkylation sites (tertiary alicyclic amines) is 1. The summed E-state index contributed by atoms with van der Waals surface area (Å²) in [4.78, 5) is 14.7. The minimum absolute atomic E-state index is 0.215. The molecule has 1 saturated heterocycles. The summed E-state index contributed by atoms with van der Waals surface area (Å²) in [6, 6.07) is 19.3. The highest BCUT2D eigenvalue weighted by Gasteiger charge is 2.34. The summed E-state index contributed by atoms with van der Waals surface area (Å²) in [5.41, 5.74) is 2.03. The average Bonchev–Trinajstić information content (AvgIpc) is 3.33. The van der Waals surface area contributed by atoms with Gasteiger partial charge in [0.25, 0.3) is 5.91 Å². The van der Waals surface area contributed by atoms with Crippen molar-refractivity contribution >= 4 is 40.7 Å². The number of carbonyl (C=O) groups is 1. The van der Waals surface area contributed by atoms with Crippen LogP contribution in [0.25, 0.3) is 0 Å². The molecule has 1 amide bonds. The van der Waals surface area contributed by atoms with Gasteiger partial charge in [-0.3, -0.25) is 4.79 Å². The number of aliphatic hydroxyl groups excluding tert-OH is 1. The van der Waals surface area contributed by atoms with Crippen LogP contribution in [0.15, 0.2) is 66.7 Å². The second kappa shape index (κ2) is 11.0. The van der Waals surface area contributed by atoms with Crippen molar-refractivity contribution in [2.75, 3.05) is 13.7 Å². The molecule has 3 atom stereocenters. The number of hydrogen-bond acceptors (Lipinski definition) is 4. The first kappa shape index (κ1) is 24.8. The molecular formula is C26H24Cl3NO4. The Hall–Kier alpha value is -2.28. The monoisotopic (exact) mass is 519 g/mol. The van der Waals surface area contributed by atoms with Crippen LogP contribution < -0.4 is 4.74 Å². The number of nitrogens with zero attached hydrogens (tertiary/aromatic N) is 1. The maximum Gasteiger partial charge on any atom is 0.254 e. The topological polar surface area (TPSA) is 59.0 Å². The van der Waals surface area contributed by atoms with E-state index in [2.05, 4.69) is 0 Å². The van der Waals surface area contributed by atoms with Crippen LogP contribution in [0.4, 0.5) is 0 Å². The molecule has 3 aromatic rings. The first-order valence-electron chi connectivity index (χ1n) is 10.9. The van der Waals surface area contributed by atoms with Gasteiger partial charge >= 0.3 is 0 Å². The zero-order valence-electron chi connectivity index (χ0n) is 18.5. The number of benzene rings is 3. The van der Waals surface area contributed by atoms with Crippen molar-refractivity contribution in [3.05, 3.63) is 98.5 Å². The number of carbonyl (C=O) groups excluding carboxylic acids is 1. The van der Waals surface area contributed by atoms with E-state index in [-0.39, 0.29) is 11.9 Å². The molecular weight excluding hydrogens is 497 g/mol. The molecule has 34 heavy (non-hydrogen) atoms. The number of halogens is 3. The fourth-order valence-electron chi connectivity index (χ4n) is 4.16. The van der Waals surface area contributed by atoms with E-state index in [1.54, 1.807) is 41.3 Å². The van der Waals surface area contributed by atoms with E-state index in [4.69, 9.17) is 44.3 Å². The molecule has 3 aromatic carbocycles. The summed E-state index contributed by atoms with van der Waals surface area (Å²) >= 11 is 19.1. The van der Waals surface area contributed by atoms with Gasteiger partial charge in [-0.05, 0) is 54.8 Å². The van der Waals surface area contributed by atoms with Crippen molar-refractivity contribution in [2.45, 2.75) is 31.3 Å². The smallest absolute Gasteiger partial charge is 0.254 e. The quantitative estimate of drug-likeness (QED) is 0.367. The van der Waals surface area contributed by atoms with Crippen molar-refractivity contribution in [1.82, 2.24) is 4.90 Å². The van der Waals surface area contributed by atoms with Crippen LogP contribution in [0.3, 0.4) is 0 Å². The summed E-state index contributed by atoms with van der Waals surface area (Å²) in [5.74, 6) is 0.195. The van der Waals surface area contributed by atoms with Crippen molar-refractivity contribution < 1.29 is 19.4 Å². The van der Waals surface area contributed by atoms with Crippen LogP contribution in [0.2, 0.25) is 15.1 Å². The normalized spacial score (nSPS) is 17.4. The molecule has 0 saturated carbocycles. The molecule has 0 aromatic heterocycles. The lowest BCUT2D eigenvalue weighted by atomic mass is 10.0. The Morgan fingerprint density at radius 1 is 1.03 bits per heavy atom. The highest BCUT2D eigenvalue weighted by Crippen LogP contribution is 2.37. The predicted octanol–water partition coefficient (Wildman–Crippen LogP) is 6.38. The zero-order chi connectivity index (χ0) is 24.2. The summed E-state index contributed by atoms with van der Waals surface area (Å²) < 4.78 is 11.4. The Morgan fingerprint density at radius 3 is 2.44 bits per heavy atom. The molecule has 0 bridgehead atoms. The summed E-state index contributed by atoms with van der Waals surface area (Å²) in [5, 5.41) is 11.6. The van der Waals surface area contributed by atoms with Gasteiger partial charge < -0.3 is 19.5 Å². The Morgan fingerprint density at radius 2 is 1.76 bits per heavy atom. The van der Waals surface area contributed by atoms with Crippen LogP contribution in [-0.2, 0) is 4.74 Å². The van der Waals surface area contributed by atoms with Crippen LogP contribution >= 0.6 is 34.8 Å². The molecule has 8 heteroatoms. The maximum atomic E-state index is 13.1. The lowest BCUT2D eigenvalue weighted by Gasteiger charge is -2.28. The van der Waals surface area contributed by atoms with Crippen LogP contribution in [0, 0.1) is 0 Å². The van der Waals surface area contributed by atoms with E-state index in [1.807, 2.05) is 30.3 Å². The predicted molar refractivity (Wildman–Crippen MR) is 134 cm³/mol. The van der Waals surface area contributed by atoms with E-state index in [9.17, 15) is 9.90 Å². The van der Waals surface area contributed by atoms with Crippen LogP contribution in [-0.4, -0.2) is 41.9 Å². The molecule has 1 aliphatic heterocycles. The summed E-state index contributed by atoms with van der Waals surface area (Å²) in [6.07, 6.45) is -0.0899. The minimum Gasteiger partial charge on any atom is -0.479 e. The lowest BCUT2D eigenvalue weighted by molar-refractivity contribution is -0.111. The van der Waals surface area contributed by atoms with E-state index in [0.717, 1.165) is 17.5 Å².